The number of halogens is 1. The van der Waals surface area contributed by atoms with Gasteiger partial charge in [0.2, 0.25) is 0 Å². The average molecular weight is 416 g/mol. The molecular weight excluding hydrogens is 395 g/mol. The molecule has 0 amide bonds. The lowest BCUT2D eigenvalue weighted by molar-refractivity contribution is 0.304. The van der Waals surface area contributed by atoms with Crippen molar-refractivity contribution in [3.63, 3.8) is 0 Å². The molecule has 4 rings (SSSR count). The second-order valence-electron chi connectivity index (χ2n) is 6.94. The van der Waals surface area contributed by atoms with Gasteiger partial charge in [0.15, 0.2) is 0 Å². The minimum Gasteiger partial charge on any atom is -0.497 e. The Morgan fingerprint density at radius 3 is 2.52 bits per heavy atom. The van der Waals surface area contributed by atoms with E-state index in [1.54, 1.807) is 43.5 Å². The van der Waals surface area contributed by atoms with Crippen molar-refractivity contribution in [1.82, 2.24) is 9.78 Å². The standard InChI is InChI=1S/C25H21FN2O3/c1-17-23(25(29)28(27-17)21-6-4-3-5-7-21)15-19-14-22(30-2)12-13-24(19)31-16-18-8-10-20(26)11-9-18/h3-15,27H,1,16H2,2H3/b23-15-. The van der Waals surface area contributed by atoms with E-state index in [-0.39, 0.29) is 18.0 Å². The van der Waals surface area contributed by atoms with E-state index >= 15 is 0 Å². The van der Waals surface area contributed by atoms with Gasteiger partial charge in [-0.05, 0) is 54.1 Å². The van der Waals surface area contributed by atoms with Crippen molar-refractivity contribution in [1.29, 1.82) is 0 Å². The Morgan fingerprint density at radius 1 is 1.06 bits per heavy atom. The molecule has 0 spiro atoms. The van der Waals surface area contributed by atoms with Gasteiger partial charge in [-0.25, -0.2) is 9.07 Å². The highest BCUT2D eigenvalue weighted by atomic mass is 19.1. The summed E-state index contributed by atoms with van der Waals surface area (Å²) in [5.74, 6) is 0.897. The number of aromatic nitrogens is 2. The van der Waals surface area contributed by atoms with E-state index in [1.807, 2.05) is 30.3 Å². The zero-order chi connectivity index (χ0) is 21.8. The number of methoxy groups -OCH3 is 1. The van der Waals surface area contributed by atoms with Crippen LogP contribution >= 0.6 is 0 Å². The molecule has 0 aliphatic carbocycles. The molecule has 0 saturated carbocycles. The van der Waals surface area contributed by atoms with Gasteiger partial charge < -0.3 is 9.47 Å². The summed E-state index contributed by atoms with van der Waals surface area (Å²) in [7, 11) is 1.57. The van der Waals surface area contributed by atoms with Crippen molar-refractivity contribution >= 4 is 12.7 Å². The average Bonchev–Trinajstić information content (AvgIpc) is 3.08. The molecule has 0 aliphatic rings. The number of ether oxygens (including phenoxy) is 2. The smallest absolute Gasteiger partial charge is 0.279 e. The van der Waals surface area contributed by atoms with Crippen molar-refractivity contribution < 1.29 is 13.9 Å². The highest BCUT2D eigenvalue weighted by Crippen LogP contribution is 2.25. The lowest BCUT2D eigenvalue weighted by Crippen LogP contribution is -2.34. The number of nitrogens with one attached hydrogen (secondary N) is 1. The maximum absolute atomic E-state index is 13.1. The number of nitrogens with zero attached hydrogens (tertiary/aromatic N) is 1. The number of hydrogen-bond acceptors (Lipinski definition) is 3. The number of H-pyrrole nitrogens is 1. The molecule has 0 radical (unpaired) electrons. The highest BCUT2D eigenvalue weighted by Gasteiger charge is 2.08. The monoisotopic (exact) mass is 416 g/mol. The van der Waals surface area contributed by atoms with Gasteiger partial charge in [-0.15, -0.1) is 0 Å². The molecule has 0 saturated heterocycles. The molecule has 0 bridgehead atoms. The fourth-order valence-corrected chi connectivity index (χ4v) is 3.20. The second-order valence-corrected chi connectivity index (χ2v) is 6.94. The quantitative estimate of drug-likeness (QED) is 0.526. The summed E-state index contributed by atoms with van der Waals surface area (Å²) in [6.07, 6.45) is 1.73. The van der Waals surface area contributed by atoms with Gasteiger partial charge in [0.1, 0.15) is 23.9 Å². The van der Waals surface area contributed by atoms with Crippen molar-refractivity contribution in [3.8, 4) is 17.2 Å². The topological polar surface area (TPSA) is 56.2 Å². The molecule has 0 aliphatic heterocycles. The fraction of sp³-hybridized carbons (Fsp3) is 0.0800. The zero-order valence-electron chi connectivity index (χ0n) is 17.0. The van der Waals surface area contributed by atoms with Gasteiger partial charge in [-0.2, -0.15) is 0 Å². The number of aromatic amines is 1. The largest absolute Gasteiger partial charge is 0.497 e. The van der Waals surface area contributed by atoms with Crippen LogP contribution in [0.2, 0.25) is 0 Å². The first-order valence-corrected chi connectivity index (χ1v) is 9.67. The number of para-hydroxylation sites is 1. The third-order valence-corrected chi connectivity index (χ3v) is 4.84. The molecule has 0 unspecified atom stereocenters. The molecular formula is C25H21FN2O3. The number of benzene rings is 3. The van der Waals surface area contributed by atoms with Gasteiger partial charge in [0, 0.05) is 5.56 Å². The Labute approximate surface area is 178 Å². The number of rotatable bonds is 6. The van der Waals surface area contributed by atoms with Gasteiger partial charge in [0.25, 0.3) is 5.56 Å². The lowest BCUT2D eigenvalue weighted by Gasteiger charge is -2.11. The van der Waals surface area contributed by atoms with Gasteiger partial charge in [-0.3, -0.25) is 9.89 Å². The van der Waals surface area contributed by atoms with E-state index in [9.17, 15) is 9.18 Å². The summed E-state index contributed by atoms with van der Waals surface area (Å²) in [5, 5.41) is 3.92. The van der Waals surface area contributed by atoms with Gasteiger partial charge in [-0.1, -0.05) is 36.9 Å². The van der Waals surface area contributed by atoms with Gasteiger partial charge in [0.05, 0.1) is 23.4 Å². The minimum absolute atomic E-state index is 0.219. The minimum atomic E-state index is -0.299. The summed E-state index contributed by atoms with van der Waals surface area (Å²) in [4.78, 5) is 13.0. The molecule has 3 aromatic carbocycles. The Kier molecular flexibility index (Phi) is 5.71. The van der Waals surface area contributed by atoms with Crippen LogP contribution in [0.15, 0.2) is 77.6 Å². The van der Waals surface area contributed by atoms with Crippen molar-refractivity contribution in [2.24, 2.45) is 0 Å². The van der Waals surface area contributed by atoms with Crippen molar-refractivity contribution in [3.05, 3.63) is 111 Å². The summed E-state index contributed by atoms with van der Waals surface area (Å²) >= 11 is 0. The van der Waals surface area contributed by atoms with E-state index < -0.39 is 0 Å². The Hall–Kier alpha value is -4.06. The Balaban J connectivity index is 1.74. The summed E-state index contributed by atoms with van der Waals surface area (Å²) in [6, 6.07) is 20.7. The van der Waals surface area contributed by atoms with Crippen LogP contribution in [-0.2, 0) is 6.61 Å². The molecule has 5 nitrogen and oxygen atoms in total. The van der Waals surface area contributed by atoms with E-state index in [2.05, 4.69) is 11.7 Å². The summed E-state index contributed by atoms with van der Waals surface area (Å²) in [6.45, 7) is 4.24. The molecule has 156 valence electrons. The van der Waals surface area contributed by atoms with Crippen molar-refractivity contribution in [2.75, 3.05) is 7.11 Å². The number of hydrogen-bond donors (Lipinski definition) is 1. The third kappa shape index (κ3) is 4.43. The molecule has 1 N–H and O–H groups in total. The first kappa shape index (κ1) is 20.2. The van der Waals surface area contributed by atoms with Gasteiger partial charge >= 0.3 is 0 Å². The zero-order valence-corrected chi connectivity index (χ0v) is 17.0. The third-order valence-electron chi connectivity index (χ3n) is 4.84. The van der Waals surface area contributed by atoms with E-state index in [4.69, 9.17) is 9.47 Å². The molecule has 31 heavy (non-hydrogen) atoms. The van der Waals surface area contributed by atoms with E-state index in [1.165, 1.54) is 16.8 Å². The predicted octanol–water partition coefficient (Wildman–Crippen LogP) is 3.13. The van der Waals surface area contributed by atoms with E-state index in [0.29, 0.717) is 27.6 Å². The Bertz CT molecular complexity index is 1360. The second kappa shape index (κ2) is 8.75. The molecule has 4 aromatic rings. The predicted molar refractivity (Wildman–Crippen MR) is 118 cm³/mol. The Morgan fingerprint density at radius 2 is 1.81 bits per heavy atom. The molecule has 1 heterocycles. The highest BCUT2D eigenvalue weighted by molar-refractivity contribution is 5.59. The molecule has 6 heteroatoms. The van der Waals surface area contributed by atoms with Crippen LogP contribution in [0.5, 0.6) is 11.5 Å². The first-order valence-electron chi connectivity index (χ1n) is 9.67. The van der Waals surface area contributed by atoms with Crippen LogP contribution in [0.4, 0.5) is 4.39 Å². The van der Waals surface area contributed by atoms with Crippen LogP contribution < -0.4 is 25.6 Å². The molecule has 0 atom stereocenters. The maximum atomic E-state index is 13.1. The normalized spacial score (nSPS) is 11.5. The summed E-state index contributed by atoms with van der Waals surface area (Å²) < 4.78 is 25.9. The van der Waals surface area contributed by atoms with Crippen molar-refractivity contribution in [2.45, 2.75) is 6.61 Å². The SMILES string of the molecule is C=c1[nH]n(-c2ccccc2)c(=O)/c1=C\c1cc(OC)ccc1OCc1ccc(F)cc1. The maximum Gasteiger partial charge on any atom is 0.279 e. The van der Waals surface area contributed by atoms with Crippen LogP contribution in [-0.4, -0.2) is 16.9 Å². The van der Waals surface area contributed by atoms with Crippen LogP contribution in [0.1, 0.15) is 11.1 Å². The molecule has 0 fully saturated rings. The summed E-state index contributed by atoms with van der Waals surface area (Å²) in [5.41, 5.74) is 2.00. The fourth-order valence-electron chi connectivity index (χ4n) is 3.20. The lowest BCUT2D eigenvalue weighted by atomic mass is 10.1. The van der Waals surface area contributed by atoms with Crippen LogP contribution in [0.25, 0.3) is 18.3 Å². The van der Waals surface area contributed by atoms with Crippen LogP contribution in [0.3, 0.4) is 0 Å². The van der Waals surface area contributed by atoms with Crippen LogP contribution in [0, 0.1) is 5.82 Å². The molecule has 1 aromatic heterocycles. The first-order chi connectivity index (χ1) is 15.0. The van der Waals surface area contributed by atoms with E-state index in [0.717, 1.165) is 11.3 Å².